The monoisotopic (exact) mass is 319 g/mol. The van der Waals surface area contributed by atoms with Gasteiger partial charge in [0.05, 0.1) is 0 Å². The van der Waals surface area contributed by atoms with Crippen molar-refractivity contribution >= 4 is 22.7 Å². The predicted molar refractivity (Wildman–Crippen MR) is 88.5 cm³/mol. The molecule has 2 N–H and O–H groups in total. The second-order valence-corrected chi connectivity index (χ2v) is 5.36. The Kier molecular flexibility index (Phi) is 3.31. The van der Waals surface area contributed by atoms with Crippen molar-refractivity contribution in [2.24, 2.45) is 0 Å². The quantitative estimate of drug-likeness (QED) is 0.604. The van der Waals surface area contributed by atoms with Gasteiger partial charge in [0.25, 0.3) is 5.91 Å². The molecule has 0 saturated carbocycles. The number of fused-ring (bicyclic) bond motifs is 1. The highest BCUT2D eigenvalue weighted by Gasteiger charge is 2.12. The third-order valence-corrected chi connectivity index (χ3v) is 3.54. The first kappa shape index (κ1) is 14.1. The topological polar surface area (TPSA) is 96.7 Å². The van der Waals surface area contributed by atoms with Gasteiger partial charge in [-0.2, -0.15) is 5.10 Å². The molecular weight excluding hydrogens is 306 g/mol. The van der Waals surface area contributed by atoms with Crippen LogP contribution in [0.15, 0.2) is 53.2 Å². The van der Waals surface area contributed by atoms with E-state index in [-0.39, 0.29) is 11.7 Å². The number of aryl methyl sites for hydroxylation is 1. The zero-order valence-electron chi connectivity index (χ0n) is 12.8. The Balaban J connectivity index is 1.65. The van der Waals surface area contributed by atoms with Gasteiger partial charge >= 0.3 is 0 Å². The summed E-state index contributed by atoms with van der Waals surface area (Å²) >= 11 is 0. The normalized spacial score (nSPS) is 10.9. The van der Waals surface area contributed by atoms with Crippen molar-refractivity contribution in [1.29, 1.82) is 0 Å². The third-order valence-electron chi connectivity index (χ3n) is 3.54. The van der Waals surface area contributed by atoms with Crippen LogP contribution < -0.4 is 5.32 Å². The van der Waals surface area contributed by atoms with E-state index in [0.29, 0.717) is 11.6 Å². The van der Waals surface area contributed by atoms with E-state index in [9.17, 15) is 4.79 Å². The lowest BCUT2D eigenvalue weighted by Gasteiger charge is -2.04. The van der Waals surface area contributed by atoms with Crippen LogP contribution in [-0.2, 0) is 0 Å². The molecule has 2 aromatic carbocycles. The number of anilines is 1. The Bertz CT molecular complexity index is 1020. The number of H-pyrrole nitrogens is 1. The second kappa shape index (κ2) is 5.62. The van der Waals surface area contributed by atoms with E-state index in [4.69, 9.17) is 4.42 Å². The van der Waals surface area contributed by atoms with E-state index in [0.717, 1.165) is 22.2 Å². The van der Waals surface area contributed by atoms with Crippen molar-refractivity contribution in [3.63, 3.8) is 0 Å². The maximum atomic E-state index is 12.0. The predicted octanol–water partition coefficient (Wildman–Crippen LogP) is 3.17. The standard InChI is InChI=1S/C17H13N5O2/c1-10-5-6-14-13(7-10)21-17(24-14)11-3-2-4-12(8-11)20-16(23)15-18-9-19-22-15/h2-9H,1H3,(H,20,23)(H,18,19,22). The lowest BCUT2D eigenvalue weighted by Crippen LogP contribution is -2.13. The molecule has 0 spiro atoms. The SMILES string of the molecule is Cc1ccc2oc(-c3cccc(NC(=O)c4ncn[nH]4)c3)nc2c1. The molecule has 1 amide bonds. The van der Waals surface area contributed by atoms with E-state index in [1.807, 2.05) is 37.3 Å². The number of amides is 1. The molecule has 4 aromatic rings. The minimum atomic E-state index is -0.363. The van der Waals surface area contributed by atoms with Crippen molar-refractivity contribution < 1.29 is 9.21 Å². The smallest absolute Gasteiger partial charge is 0.292 e. The first-order valence-electron chi connectivity index (χ1n) is 7.33. The number of carbonyl (C=O) groups is 1. The van der Waals surface area contributed by atoms with Crippen molar-refractivity contribution in [3.8, 4) is 11.5 Å². The highest BCUT2D eigenvalue weighted by Crippen LogP contribution is 2.26. The third kappa shape index (κ3) is 2.63. The highest BCUT2D eigenvalue weighted by atomic mass is 16.3. The van der Waals surface area contributed by atoms with Gasteiger partial charge in [0.1, 0.15) is 11.8 Å². The number of aromatic amines is 1. The second-order valence-electron chi connectivity index (χ2n) is 5.36. The summed E-state index contributed by atoms with van der Waals surface area (Å²) in [6.07, 6.45) is 1.28. The molecule has 0 fully saturated rings. The molecule has 2 heterocycles. The maximum Gasteiger partial charge on any atom is 0.292 e. The van der Waals surface area contributed by atoms with Crippen LogP contribution in [0.3, 0.4) is 0 Å². The van der Waals surface area contributed by atoms with Gasteiger partial charge < -0.3 is 9.73 Å². The Hall–Kier alpha value is -3.48. The number of oxazole rings is 1. The van der Waals surface area contributed by atoms with Gasteiger partial charge in [-0.25, -0.2) is 9.97 Å². The van der Waals surface area contributed by atoms with Crippen LogP contribution in [0.2, 0.25) is 0 Å². The number of benzene rings is 2. The molecular formula is C17H13N5O2. The number of nitrogens with zero attached hydrogens (tertiary/aromatic N) is 3. The number of hydrogen-bond donors (Lipinski definition) is 2. The molecule has 2 aromatic heterocycles. The molecule has 0 saturated heterocycles. The van der Waals surface area contributed by atoms with Gasteiger partial charge in [0, 0.05) is 11.3 Å². The van der Waals surface area contributed by atoms with Crippen molar-refractivity contribution in [2.45, 2.75) is 6.92 Å². The summed E-state index contributed by atoms with van der Waals surface area (Å²) in [5.74, 6) is 0.293. The first-order chi connectivity index (χ1) is 11.7. The molecule has 0 aliphatic heterocycles. The number of aromatic nitrogens is 4. The Morgan fingerprint density at radius 1 is 1.21 bits per heavy atom. The molecule has 0 bridgehead atoms. The molecule has 0 aliphatic rings. The number of hydrogen-bond acceptors (Lipinski definition) is 5. The molecule has 0 atom stereocenters. The fourth-order valence-electron chi connectivity index (χ4n) is 2.40. The molecule has 4 rings (SSSR count). The molecule has 118 valence electrons. The van der Waals surface area contributed by atoms with Gasteiger partial charge in [0.2, 0.25) is 11.7 Å². The lowest BCUT2D eigenvalue weighted by atomic mass is 10.2. The summed E-state index contributed by atoms with van der Waals surface area (Å²) < 4.78 is 5.79. The summed E-state index contributed by atoms with van der Waals surface area (Å²) in [7, 11) is 0. The summed E-state index contributed by atoms with van der Waals surface area (Å²) in [6.45, 7) is 2.01. The fraction of sp³-hybridized carbons (Fsp3) is 0.0588. The van der Waals surface area contributed by atoms with Crippen LogP contribution in [-0.4, -0.2) is 26.1 Å². The zero-order chi connectivity index (χ0) is 16.5. The average molecular weight is 319 g/mol. The highest BCUT2D eigenvalue weighted by molar-refractivity contribution is 6.01. The number of rotatable bonds is 3. The van der Waals surface area contributed by atoms with E-state index in [1.165, 1.54) is 6.33 Å². The van der Waals surface area contributed by atoms with E-state index in [2.05, 4.69) is 25.5 Å². The molecule has 0 unspecified atom stereocenters. The van der Waals surface area contributed by atoms with Gasteiger partial charge in [0.15, 0.2) is 5.58 Å². The summed E-state index contributed by atoms with van der Waals surface area (Å²) in [4.78, 5) is 20.3. The van der Waals surface area contributed by atoms with Gasteiger partial charge in [-0.3, -0.25) is 9.89 Å². The number of carbonyl (C=O) groups excluding carboxylic acids is 1. The Morgan fingerprint density at radius 2 is 2.12 bits per heavy atom. The van der Waals surface area contributed by atoms with Gasteiger partial charge in [-0.15, -0.1) is 0 Å². The average Bonchev–Trinajstić information content (AvgIpc) is 3.24. The molecule has 7 nitrogen and oxygen atoms in total. The van der Waals surface area contributed by atoms with Crippen LogP contribution in [0.5, 0.6) is 0 Å². The molecule has 7 heteroatoms. The first-order valence-corrected chi connectivity index (χ1v) is 7.33. The zero-order valence-corrected chi connectivity index (χ0v) is 12.8. The van der Waals surface area contributed by atoms with E-state index >= 15 is 0 Å². The molecule has 24 heavy (non-hydrogen) atoms. The minimum absolute atomic E-state index is 0.151. The van der Waals surface area contributed by atoms with E-state index < -0.39 is 0 Å². The molecule has 0 radical (unpaired) electrons. The van der Waals surface area contributed by atoms with Crippen LogP contribution >= 0.6 is 0 Å². The molecule has 0 aliphatic carbocycles. The maximum absolute atomic E-state index is 12.0. The Morgan fingerprint density at radius 3 is 2.96 bits per heavy atom. The van der Waals surface area contributed by atoms with Crippen molar-refractivity contribution in [1.82, 2.24) is 20.2 Å². The summed E-state index contributed by atoms with van der Waals surface area (Å²) in [6, 6.07) is 13.1. The van der Waals surface area contributed by atoms with Crippen LogP contribution in [0, 0.1) is 6.92 Å². The summed E-state index contributed by atoms with van der Waals surface area (Å²) in [5.41, 5.74) is 4.05. The van der Waals surface area contributed by atoms with Crippen molar-refractivity contribution in [2.75, 3.05) is 5.32 Å². The minimum Gasteiger partial charge on any atom is -0.436 e. The van der Waals surface area contributed by atoms with Crippen LogP contribution in [0.25, 0.3) is 22.6 Å². The number of nitrogens with one attached hydrogen (secondary N) is 2. The van der Waals surface area contributed by atoms with Crippen LogP contribution in [0.1, 0.15) is 16.2 Å². The van der Waals surface area contributed by atoms with Gasteiger partial charge in [-0.05, 0) is 42.8 Å². The largest absolute Gasteiger partial charge is 0.436 e. The fourth-order valence-corrected chi connectivity index (χ4v) is 2.40. The van der Waals surface area contributed by atoms with Crippen LogP contribution in [0.4, 0.5) is 5.69 Å². The van der Waals surface area contributed by atoms with Gasteiger partial charge in [-0.1, -0.05) is 12.1 Å². The van der Waals surface area contributed by atoms with E-state index in [1.54, 1.807) is 12.1 Å². The van der Waals surface area contributed by atoms with Crippen molar-refractivity contribution in [3.05, 3.63) is 60.2 Å². The lowest BCUT2D eigenvalue weighted by molar-refractivity contribution is 0.101. The summed E-state index contributed by atoms with van der Waals surface area (Å²) in [5, 5.41) is 8.94. The Labute approximate surface area is 136 Å².